The van der Waals surface area contributed by atoms with E-state index < -0.39 is 5.60 Å². The van der Waals surface area contributed by atoms with Gasteiger partial charge in [-0.3, -0.25) is 4.99 Å². The summed E-state index contributed by atoms with van der Waals surface area (Å²) >= 11 is 0. The van der Waals surface area contributed by atoms with Crippen LogP contribution >= 0.6 is 0 Å². The molecule has 1 rings (SSSR count). The summed E-state index contributed by atoms with van der Waals surface area (Å²) in [5, 5.41) is 9.82. The molecule has 0 heterocycles. The van der Waals surface area contributed by atoms with Gasteiger partial charge in [-0.1, -0.05) is 24.3 Å². The summed E-state index contributed by atoms with van der Waals surface area (Å²) in [7, 11) is 1.61. The molecule has 0 radical (unpaired) electrons. The van der Waals surface area contributed by atoms with Crippen molar-refractivity contribution in [2.45, 2.75) is 19.4 Å². The molecule has 0 spiro atoms. The highest BCUT2D eigenvalue weighted by molar-refractivity contribution is 5.97. The van der Waals surface area contributed by atoms with Gasteiger partial charge in [-0.2, -0.15) is 0 Å². The molecule has 5 N–H and O–H groups in total. The van der Waals surface area contributed by atoms with Crippen LogP contribution in [0.1, 0.15) is 25.0 Å². The first kappa shape index (κ1) is 13.3. The van der Waals surface area contributed by atoms with Crippen molar-refractivity contribution in [3.63, 3.8) is 0 Å². The van der Waals surface area contributed by atoms with Crippen molar-refractivity contribution >= 4 is 11.5 Å². The Morgan fingerprint density at radius 1 is 1.24 bits per heavy atom. The van der Waals surface area contributed by atoms with Gasteiger partial charge >= 0.3 is 0 Å². The highest BCUT2D eigenvalue weighted by atomic mass is 16.3. The van der Waals surface area contributed by atoms with E-state index in [0.717, 1.165) is 11.1 Å². The molecule has 0 aromatic heterocycles. The molecule has 0 amide bonds. The van der Waals surface area contributed by atoms with Gasteiger partial charge < -0.3 is 16.6 Å². The van der Waals surface area contributed by atoms with Crippen molar-refractivity contribution in [1.82, 2.24) is 0 Å². The van der Waals surface area contributed by atoms with E-state index in [-0.39, 0.29) is 0 Å². The second kappa shape index (κ2) is 5.01. The Morgan fingerprint density at radius 2 is 1.76 bits per heavy atom. The van der Waals surface area contributed by atoms with Crippen molar-refractivity contribution in [1.29, 1.82) is 0 Å². The van der Waals surface area contributed by atoms with Gasteiger partial charge in [0.15, 0.2) is 0 Å². The van der Waals surface area contributed by atoms with Gasteiger partial charge in [-0.05, 0) is 25.0 Å². The van der Waals surface area contributed by atoms with Gasteiger partial charge in [-0.25, -0.2) is 0 Å². The summed E-state index contributed by atoms with van der Waals surface area (Å²) in [6.07, 6.45) is 1.61. The number of benzene rings is 1. The maximum atomic E-state index is 9.82. The first-order valence-corrected chi connectivity index (χ1v) is 5.37. The summed E-state index contributed by atoms with van der Waals surface area (Å²) in [6.45, 7) is 3.48. The van der Waals surface area contributed by atoms with E-state index in [4.69, 9.17) is 11.5 Å². The molecule has 92 valence electrons. The normalized spacial score (nSPS) is 13.9. The fourth-order valence-electron chi connectivity index (χ4n) is 1.38. The third kappa shape index (κ3) is 3.60. The minimum Gasteiger partial charge on any atom is -0.398 e. The lowest BCUT2D eigenvalue weighted by molar-refractivity contribution is 0.0786. The number of hydrogen-bond acceptors (Lipinski definition) is 3. The number of nitrogens with two attached hydrogens (primary N) is 2. The van der Waals surface area contributed by atoms with Gasteiger partial charge in [-0.15, -0.1) is 0 Å². The molecule has 0 atom stereocenters. The minimum atomic E-state index is -0.846. The van der Waals surface area contributed by atoms with Crippen LogP contribution in [0.25, 0.3) is 5.70 Å². The molecule has 0 saturated heterocycles. The van der Waals surface area contributed by atoms with Gasteiger partial charge in [0, 0.05) is 18.8 Å². The lowest BCUT2D eigenvalue weighted by Gasteiger charge is -2.17. The zero-order valence-corrected chi connectivity index (χ0v) is 10.4. The molecule has 0 aliphatic rings. The molecule has 1 aromatic carbocycles. The van der Waals surface area contributed by atoms with Crippen molar-refractivity contribution in [3.05, 3.63) is 41.5 Å². The Bertz CT molecular complexity index is 439. The summed E-state index contributed by atoms with van der Waals surface area (Å²) in [6, 6.07) is 7.38. The van der Waals surface area contributed by atoms with Gasteiger partial charge in [0.25, 0.3) is 0 Å². The van der Waals surface area contributed by atoms with E-state index >= 15 is 0 Å². The van der Waals surface area contributed by atoms with E-state index in [1.165, 1.54) is 0 Å². The molecule has 0 aliphatic heterocycles. The molecule has 0 saturated carbocycles. The molecule has 1 aromatic rings. The Labute approximate surface area is 102 Å². The second-order valence-electron chi connectivity index (χ2n) is 4.38. The Kier molecular flexibility index (Phi) is 3.91. The van der Waals surface area contributed by atoms with Gasteiger partial charge in [0.1, 0.15) is 5.84 Å². The zero-order chi connectivity index (χ0) is 13.1. The third-order valence-corrected chi connectivity index (χ3v) is 2.49. The van der Waals surface area contributed by atoms with E-state index in [9.17, 15) is 5.11 Å². The van der Waals surface area contributed by atoms with Gasteiger partial charge in [0.2, 0.25) is 0 Å². The van der Waals surface area contributed by atoms with Crippen LogP contribution in [-0.4, -0.2) is 18.0 Å². The summed E-state index contributed by atoms with van der Waals surface area (Å²) in [5.74, 6) is 0.383. The first-order valence-electron chi connectivity index (χ1n) is 5.37. The minimum absolute atomic E-state index is 0.383. The molecule has 17 heavy (non-hydrogen) atoms. The average Bonchev–Trinajstić information content (AvgIpc) is 2.27. The van der Waals surface area contributed by atoms with Crippen LogP contribution in [-0.2, 0) is 5.60 Å². The summed E-state index contributed by atoms with van der Waals surface area (Å²) in [4.78, 5) is 3.81. The number of aliphatic hydroxyl groups is 1. The number of amidine groups is 1. The van der Waals surface area contributed by atoms with Crippen LogP contribution in [0.5, 0.6) is 0 Å². The third-order valence-electron chi connectivity index (χ3n) is 2.49. The maximum Gasteiger partial charge on any atom is 0.119 e. The lowest BCUT2D eigenvalue weighted by Crippen LogP contribution is -2.15. The number of aliphatic imine (C=N–C) groups is 1. The number of rotatable bonds is 3. The standard InChI is InChI=1S/C13H19N3O/c1-13(2,17)10-6-4-9(5-7-10)11(14)8-12(15)16-3/h4-8,17H,14H2,1-3H3,(H2,15,16)/b11-8-. The molecule has 0 fully saturated rings. The van der Waals surface area contributed by atoms with E-state index in [0.29, 0.717) is 11.5 Å². The topological polar surface area (TPSA) is 84.6 Å². The summed E-state index contributed by atoms with van der Waals surface area (Å²) < 4.78 is 0. The molecule has 0 unspecified atom stereocenters. The zero-order valence-electron chi connectivity index (χ0n) is 10.4. The van der Waals surface area contributed by atoms with Crippen LogP contribution < -0.4 is 11.5 Å². The van der Waals surface area contributed by atoms with Gasteiger partial charge in [0.05, 0.1) is 5.60 Å². The van der Waals surface area contributed by atoms with Crippen molar-refractivity contribution in [3.8, 4) is 0 Å². The molecule has 4 heteroatoms. The Hall–Kier alpha value is -1.81. The summed E-state index contributed by atoms with van der Waals surface area (Å²) in [5.41, 5.74) is 12.8. The largest absolute Gasteiger partial charge is 0.398 e. The molecule has 0 bridgehead atoms. The number of nitrogens with zero attached hydrogens (tertiary/aromatic N) is 1. The van der Waals surface area contributed by atoms with Crippen LogP contribution in [0.4, 0.5) is 0 Å². The highest BCUT2D eigenvalue weighted by Gasteiger charge is 2.15. The molecule has 0 aliphatic carbocycles. The quantitative estimate of drug-likeness (QED) is 0.541. The fraction of sp³-hybridized carbons (Fsp3) is 0.308. The monoisotopic (exact) mass is 233 g/mol. The Balaban J connectivity index is 3.00. The van der Waals surface area contributed by atoms with Crippen molar-refractivity contribution in [2.75, 3.05) is 7.05 Å². The maximum absolute atomic E-state index is 9.82. The average molecular weight is 233 g/mol. The molecule has 4 nitrogen and oxygen atoms in total. The van der Waals surface area contributed by atoms with Crippen LogP contribution in [0.3, 0.4) is 0 Å². The van der Waals surface area contributed by atoms with E-state index in [1.807, 2.05) is 24.3 Å². The first-order chi connectivity index (χ1) is 7.84. The molecular weight excluding hydrogens is 214 g/mol. The smallest absolute Gasteiger partial charge is 0.119 e. The van der Waals surface area contributed by atoms with Crippen molar-refractivity contribution < 1.29 is 5.11 Å². The molecular formula is C13H19N3O. The van der Waals surface area contributed by atoms with E-state index in [1.54, 1.807) is 27.0 Å². The van der Waals surface area contributed by atoms with Crippen LogP contribution in [0.2, 0.25) is 0 Å². The predicted octanol–water partition coefficient (Wildman–Crippen LogP) is 1.20. The second-order valence-corrected chi connectivity index (χ2v) is 4.38. The predicted molar refractivity (Wildman–Crippen MR) is 71.4 cm³/mol. The Morgan fingerprint density at radius 3 is 2.18 bits per heavy atom. The fourth-order valence-corrected chi connectivity index (χ4v) is 1.38. The van der Waals surface area contributed by atoms with Crippen LogP contribution in [0, 0.1) is 0 Å². The van der Waals surface area contributed by atoms with Crippen molar-refractivity contribution in [2.24, 2.45) is 16.5 Å². The lowest BCUT2D eigenvalue weighted by atomic mass is 9.97. The van der Waals surface area contributed by atoms with E-state index in [2.05, 4.69) is 4.99 Å². The highest BCUT2D eigenvalue weighted by Crippen LogP contribution is 2.21. The van der Waals surface area contributed by atoms with Crippen LogP contribution in [0.15, 0.2) is 35.3 Å². The SMILES string of the molecule is CN=C(N)/C=C(\N)c1ccc(C(C)(C)O)cc1. The number of hydrogen-bond donors (Lipinski definition) is 3.